The van der Waals surface area contributed by atoms with Gasteiger partial charge in [0.05, 0.1) is 5.56 Å². The number of anilines is 2. The molecule has 1 aromatic heterocycles. The Morgan fingerprint density at radius 3 is 2.89 bits per heavy atom. The van der Waals surface area contributed by atoms with E-state index >= 15 is 0 Å². The molecule has 6 heteroatoms. The molecule has 0 aliphatic carbocycles. The number of rotatable bonds is 2. The van der Waals surface area contributed by atoms with Crippen molar-refractivity contribution >= 4 is 33.3 Å². The lowest BCUT2D eigenvalue weighted by Gasteiger charge is -2.07. The van der Waals surface area contributed by atoms with Crippen molar-refractivity contribution in [3.05, 3.63) is 52.4 Å². The Hall–Kier alpha value is -1.95. The molecule has 1 amide bonds. The summed E-state index contributed by atoms with van der Waals surface area (Å²) in [7, 11) is 0. The van der Waals surface area contributed by atoms with Gasteiger partial charge < -0.3 is 11.1 Å². The lowest BCUT2D eigenvalue weighted by Crippen LogP contribution is -2.13. The highest BCUT2D eigenvalue weighted by Gasteiger charge is 2.11. The monoisotopic (exact) mass is 309 g/mol. The summed E-state index contributed by atoms with van der Waals surface area (Å²) in [5.74, 6) is -0.565. The molecular weight excluding hydrogens is 301 g/mol. The number of amides is 1. The van der Waals surface area contributed by atoms with Crippen LogP contribution in [0.15, 0.2) is 41.0 Å². The molecule has 2 rings (SSSR count). The largest absolute Gasteiger partial charge is 0.384 e. The van der Waals surface area contributed by atoms with Gasteiger partial charge in [0.25, 0.3) is 5.91 Å². The summed E-state index contributed by atoms with van der Waals surface area (Å²) in [4.78, 5) is 15.8. The summed E-state index contributed by atoms with van der Waals surface area (Å²) in [6, 6.07) is 7.09. The normalized spacial score (nSPS) is 10.1. The smallest absolute Gasteiger partial charge is 0.257 e. The van der Waals surface area contributed by atoms with E-state index < -0.39 is 5.82 Å². The topological polar surface area (TPSA) is 68.0 Å². The number of hydrogen-bond donors (Lipinski definition) is 2. The van der Waals surface area contributed by atoms with Crippen LogP contribution in [0.4, 0.5) is 15.9 Å². The molecule has 0 spiro atoms. The number of carbonyl (C=O) groups excluding carboxylic acids is 1. The van der Waals surface area contributed by atoms with Gasteiger partial charge in [-0.05, 0) is 40.2 Å². The maximum atomic E-state index is 13.0. The number of carbonyl (C=O) groups is 1. The number of halogens is 2. The maximum absolute atomic E-state index is 13.0. The van der Waals surface area contributed by atoms with Crippen LogP contribution in [0.3, 0.4) is 0 Å². The van der Waals surface area contributed by atoms with Crippen LogP contribution in [0.1, 0.15) is 10.4 Å². The van der Waals surface area contributed by atoms with E-state index in [2.05, 4.69) is 26.2 Å². The summed E-state index contributed by atoms with van der Waals surface area (Å²) in [6.45, 7) is 0. The van der Waals surface area contributed by atoms with Crippen LogP contribution in [-0.4, -0.2) is 10.9 Å². The fourth-order valence-electron chi connectivity index (χ4n) is 1.39. The first-order valence-corrected chi connectivity index (χ1v) is 5.83. The molecule has 1 aromatic carbocycles. The lowest BCUT2D eigenvalue weighted by atomic mass is 10.2. The van der Waals surface area contributed by atoms with Crippen LogP contribution in [-0.2, 0) is 0 Å². The second-order valence-corrected chi connectivity index (χ2v) is 4.41. The second-order valence-electron chi connectivity index (χ2n) is 3.55. The third-order valence-corrected chi connectivity index (χ3v) is 2.84. The highest BCUT2D eigenvalue weighted by atomic mass is 79.9. The lowest BCUT2D eigenvalue weighted by molar-refractivity contribution is 0.102. The van der Waals surface area contributed by atoms with E-state index in [9.17, 15) is 9.18 Å². The zero-order chi connectivity index (χ0) is 13.1. The zero-order valence-corrected chi connectivity index (χ0v) is 10.7. The molecule has 0 aliphatic heterocycles. The summed E-state index contributed by atoms with van der Waals surface area (Å²) >= 11 is 3.21. The van der Waals surface area contributed by atoms with Crippen molar-refractivity contribution < 1.29 is 9.18 Å². The van der Waals surface area contributed by atoms with Crippen LogP contribution in [0.25, 0.3) is 0 Å². The molecule has 2 aromatic rings. The van der Waals surface area contributed by atoms with Crippen molar-refractivity contribution in [3.8, 4) is 0 Å². The van der Waals surface area contributed by atoms with E-state index in [4.69, 9.17) is 5.73 Å². The standard InChI is InChI=1S/C12H9BrFN3O/c13-10-6-16-11(15)5-9(10)12(18)17-8-3-1-2-7(14)4-8/h1-6H,(H2,15,16)(H,17,18). The first-order chi connectivity index (χ1) is 8.56. The highest BCUT2D eigenvalue weighted by molar-refractivity contribution is 9.10. The van der Waals surface area contributed by atoms with Crippen molar-refractivity contribution in [1.82, 2.24) is 4.98 Å². The highest BCUT2D eigenvalue weighted by Crippen LogP contribution is 2.19. The fraction of sp³-hybridized carbons (Fsp3) is 0. The Morgan fingerprint density at radius 1 is 1.39 bits per heavy atom. The Labute approximate surface area is 111 Å². The first kappa shape index (κ1) is 12.5. The first-order valence-electron chi connectivity index (χ1n) is 5.04. The fourth-order valence-corrected chi connectivity index (χ4v) is 1.79. The molecule has 0 saturated heterocycles. The number of nitrogens with one attached hydrogen (secondary N) is 1. The molecule has 0 unspecified atom stereocenters. The molecule has 0 saturated carbocycles. The number of hydrogen-bond acceptors (Lipinski definition) is 3. The number of nitrogens with zero attached hydrogens (tertiary/aromatic N) is 1. The van der Waals surface area contributed by atoms with Crippen molar-refractivity contribution in [2.45, 2.75) is 0 Å². The number of benzene rings is 1. The predicted molar refractivity (Wildman–Crippen MR) is 70.7 cm³/mol. The minimum absolute atomic E-state index is 0.239. The molecule has 0 fully saturated rings. The Kier molecular flexibility index (Phi) is 3.57. The summed E-state index contributed by atoms with van der Waals surface area (Å²) in [5, 5.41) is 2.57. The molecule has 0 radical (unpaired) electrons. The van der Waals surface area contributed by atoms with Gasteiger partial charge >= 0.3 is 0 Å². The number of pyridine rings is 1. The maximum Gasteiger partial charge on any atom is 0.257 e. The zero-order valence-electron chi connectivity index (χ0n) is 9.15. The van der Waals surface area contributed by atoms with Crippen molar-refractivity contribution in [2.24, 2.45) is 0 Å². The van der Waals surface area contributed by atoms with E-state index in [1.54, 1.807) is 6.07 Å². The average Bonchev–Trinajstić information content (AvgIpc) is 2.32. The minimum Gasteiger partial charge on any atom is -0.384 e. The molecule has 4 nitrogen and oxygen atoms in total. The van der Waals surface area contributed by atoms with Crippen LogP contribution in [0.2, 0.25) is 0 Å². The second kappa shape index (κ2) is 5.14. The van der Waals surface area contributed by atoms with Gasteiger partial charge in [-0.3, -0.25) is 4.79 Å². The molecule has 1 heterocycles. The Morgan fingerprint density at radius 2 is 2.17 bits per heavy atom. The van der Waals surface area contributed by atoms with Crippen LogP contribution < -0.4 is 11.1 Å². The quantitative estimate of drug-likeness (QED) is 0.896. The third kappa shape index (κ3) is 2.84. The molecule has 3 N–H and O–H groups in total. The summed E-state index contributed by atoms with van der Waals surface area (Å²) < 4.78 is 13.5. The van der Waals surface area contributed by atoms with E-state index in [0.717, 1.165) is 0 Å². The summed E-state index contributed by atoms with van der Waals surface area (Å²) in [6.07, 6.45) is 1.44. The molecule has 0 aliphatic rings. The van der Waals surface area contributed by atoms with Crippen molar-refractivity contribution in [3.63, 3.8) is 0 Å². The Bertz CT molecular complexity index is 604. The van der Waals surface area contributed by atoms with Crippen LogP contribution >= 0.6 is 15.9 Å². The van der Waals surface area contributed by atoms with Gasteiger partial charge in [-0.15, -0.1) is 0 Å². The SMILES string of the molecule is Nc1cc(C(=O)Nc2cccc(F)c2)c(Br)cn1. The van der Waals surface area contributed by atoms with Gasteiger partial charge in [0.15, 0.2) is 0 Å². The van der Waals surface area contributed by atoms with Gasteiger partial charge in [-0.25, -0.2) is 9.37 Å². The van der Waals surface area contributed by atoms with Crippen LogP contribution in [0.5, 0.6) is 0 Å². The Balaban J connectivity index is 2.24. The third-order valence-electron chi connectivity index (χ3n) is 2.20. The van der Waals surface area contributed by atoms with E-state index in [-0.39, 0.29) is 11.7 Å². The molecular formula is C12H9BrFN3O. The minimum atomic E-state index is -0.416. The number of nitrogen functional groups attached to an aromatic ring is 1. The van der Waals surface area contributed by atoms with Gasteiger partial charge in [-0.2, -0.15) is 0 Å². The molecule has 18 heavy (non-hydrogen) atoms. The predicted octanol–water partition coefficient (Wildman–Crippen LogP) is 2.82. The number of aromatic nitrogens is 1. The molecule has 0 bridgehead atoms. The van der Waals surface area contributed by atoms with Gasteiger partial charge in [0.2, 0.25) is 0 Å². The van der Waals surface area contributed by atoms with Gasteiger partial charge in [0.1, 0.15) is 11.6 Å². The van der Waals surface area contributed by atoms with Gasteiger partial charge in [-0.1, -0.05) is 6.07 Å². The molecule has 0 atom stereocenters. The van der Waals surface area contributed by atoms with E-state index in [0.29, 0.717) is 15.7 Å². The van der Waals surface area contributed by atoms with E-state index in [1.807, 2.05) is 0 Å². The average molecular weight is 310 g/mol. The summed E-state index contributed by atoms with van der Waals surface area (Å²) in [5.41, 5.74) is 6.23. The van der Waals surface area contributed by atoms with Crippen molar-refractivity contribution in [2.75, 3.05) is 11.1 Å². The van der Waals surface area contributed by atoms with E-state index in [1.165, 1.54) is 30.5 Å². The number of nitrogens with two attached hydrogens (primary N) is 1. The molecule has 92 valence electrons. The van der Waals surface area contributed by atoms with Crippen molar-refractivity contribution in [1.29, 1.82) is 0 Å². The van der Waals surface area contributed by atoms with Crippen LogP contribution in [0, 0.1) is 5.82 Å². The van der Waals surface area contributed by atoms with Gasteiger partial charge in [0, 0.05) is 16.4 Å².